The van der Waals surface area contributed by atoms with Crippen LogP contribution in [0.5, 0.6) is 0 Å². The lowest BCUT2D eigenvalue weighted by molar-refractivity contribution is -0.116. The smallest absolute Gasteiger partial charge is 0.261 e. The van der Waals surface area contributed by atoms with Crippen LogP contribution in [0.1, 0.15) is 38.4 Å². The number of carbonyl (C=O) groups is 3. The van der Waals surface area contributed by atoms with Gasteiger partial charge in [-0.15, -0.1) is 11.3 Å². The van der Waals surface area contributed by atoms with E-state index >= 15 is 0 Å². The SMILES string of the molecule is O=C(CCCNC(=O)c1cccs1)Nc1ccccc1C(=O)NCCc1ccccc1. The molecule has 0 atom stereocenters. The number of hydrogen-bond donors (Lipinski definition) is 3. The highest BCUT2D eigenvalue weighted by Crippen LogP contribution is 2.15. The molecule has 0 radical (unpaired) electrons. The Labute approximate surface area is 185 Å². The minimum atomic E-state index is -0.227. The van der Waals surface area contributed by atoms with Crippen molar-refractivity contribution in [1.29, 1.82) is 0 Å². The molecule has 3 aromatic rings. The van der Waals surface area contributed by atoms with Gasteiger partial charge < -0.3 is 16.0 Å². The predicted molar refractivity (Wildman–Crippen MR) is 123 cm³/mol. The molecule has 0 aliphatic rings. The summed E-state index contributed by atoms with van der Waals surface area (Å²) in [6.45, 7) is 0.917. The fraction of sp³-hybridized carbons (Fsp3) is 0.208. The van der Waals surface area contributed by atoms with E-state index in [4.69, 9.17) is 0 Å². The summed E-state index contributed by atoms with van der Waals surface area (Å²) in [7, 11) is 0. The summed E-state index contributed by atoms with van der Waals surface area (Å²) in [5.74, 6) is -0.558. The Morgan fingerprint density at radius 2 is 1.52 bits per heavy atom. The van der Waals surface area contributed by atoms with Crippen molar-refractivity contribution < 1.29 is 14.4 Å². The molecular weight excluding hydrogens is 410 g/mol. The molecule has 0 saturated carbocycles. The molecule has 3 rings (SSSR count). The number of benzene rings is 2. The van der Waals surface area contributed by atoms with Crippen molar-refractivity contribution in [3.8, 4) is 0 Å². The lowest BCUT2D eigenvalue weighted by atomic mass is 10.1. The number of para-hydroxylation sites is 1. The average molecular weight is 436 g/mol. The molecule has 2 aromatic carbocycles. The monoisotopic (exact) mass is 435 g/mol. The van der Waals surface area contributed by atoms with Crippen LogP contribution in [0, 0.1) is 0 Å². The number of anilines is 1. The molecule has 160 valence electrons. The maximum Gasteiger partial charge on any atom is 0.261 e. The van der Waals surface area contributed by atoms with Gasteiger partial charge in [-0.25, -0.2) is 0 Å². The number of amides is 3. The van der Waals surface area contributed by atoms with Gasteiger partial charge in [-0.3, -0.25) is 14.4 Å². The first-order chi connectivity index (χ1) is 15.1. The van der Waals surface area contributed by atoms with Crippen LogP contribution in [0.15, 0.2) is 72.1 Å². The van der Waals surface area contributed by atoms with Gasteiger partial charge in [-0.2, -0.15) is 0 Å². The number of thiophene rings is 1. The van der Waals surface area contributed by atoms with Gasteiger partial charge in [-0.05, 0) is 42.0 Å². The van der Waals surface area contributed by atoms with E-state index in [9.17, 15) is 14.4 Å². The van der Waals surface area contributed by atoms with Gasteiger partial charge in [0.05, 0.1) is 16.1 Å². The summed E-state index contributed by atoms with van der Waals surface area (Å²) in [5.41, 5.74) is 2.05. The minimum absolute atomic E-state index is 0.132. The van der Waals surface area contributed by atoms with Gasteiger partial charge in [-0.1, -0.05) is 48.5 Å². The summed E-state index contributed by atoms with van der Waals surface area (Å²) in [6, 6.07) is 20.4. The first kappa shape index (κ1) is 22.2. The van der Waals surface area contributed by atoms with E-state index in [1.807, 2.05) is 41.8 Å². The lowest BCUT2D eigenvalue weighted by Gasteiger charge is -2.12. The van der Waals surface area contributed by atoms with Crippen LogP contribution in [0.3, 0.4) is 0 Å². The Hall–Kier alpha value is -3.45. The first-order valence-electron chi connectivity index (χ1n) is 10.2. The van der Waals surface area contributed by atoms with Gasteiger partial charge in [0, 0.05) is 19.5 Å². The second-order valence-corrected chi connectivity index (χ2v) is 7.87. The Morgan fingerprint density at radius 3 is 2.29 bits per heavy atom. The van der Waals surface area contributed by atoms with Crippen molar-refractivity contribution in [2.24, 2.45) is 0 Å². The summed E-state index contributed by atoms with van der Waals surface area (Å²) in [4.78, 5) is 37.4. The third-order valence-electron chi connectivity index (χ3n) is 4.60. The van der Waals surface area contributed by atoms with E-state index in [-0.39, 0.29) is 24.1 Å². The molecule has 0 fully saturated rings. The van der Waals surface area contributed by atoms with Crippen molar-refractivity contribution in [3.05, 3.63) is 88.1 Å². The van der Waals surface area contributed by atoms with Gasteiger partial charge in [0.2, 0.25) is 5.91 Å². The molecule has 1 heterocycles. The van der Waals surface area contributed by atoms with Crippen LogP contribution in [0.4, 0.5) is 5.69 Å². The second-order valence-electron chi connectivity index (χ2n) is 6.92. The Bertz CT molecular complexity index is 1000. The molecule has 1 aromatic heterocycles. The number of carbonyl (C=O) groups excluding carboxylic acids is 3. The van der Waals surface area contributed by atoms with Gasteiger partial charge in [0.1, 0.15) is 0 Å². The highest BCUT2D eigenvalue weighted by Gasteiger charge is 2.13. The van der Waals surface area contributed by atoms with Crippen LogP contribution in [0.2, 0.25) is 0 Å². The van der Waals surface area contributed by atoms with E-state index < -0.39 is 0 Å². The maximum atomic E-state index is 12.6. The van der Waals surface area contributed by atoms with Gasteiger partial charge in [0.25, 0.3) is 11.8 Å². The van der Waals surface area contributed by atoms with E-state index in [1.54, 1.807) is 30.3 Å². The molecule has 0 saturated heterocycles. The fourth-order valence-electron chi connectivity index (χ4n) is 3.01. The van der Waals surface area contributed by atoms with Crippen LogP contribution in [-0.2, 0) is 11.2 Å². The highest BCUT2D eigenvalue weighted by molar-refractivity contribution is 7.12. The van der Waals surface area contributed by atoms with Crippen LogP contribution in [0.25, 0.3) is 0 Å². The molecule has 31 heavy (non-hydrogen) atoms. The zero-order chi connectivity index (χ0) is 21.9. The summed E-state index contributed by atoms with van der Waals surface area (Å²) in [5, 5.41) is 10.4. The summed E-state index contributed by atoms with van der Waals surface area (Å²) >= 11 is 1.38. The largest absolute Gasteiger partial charge is 0.352 e. The zero-order valence-electron chi connectivity index (χ0n) is 17.1. The molecule has 0 spiro atoms. The van der Waals surface area contributed by atoms with E-state index in [1.165, 1.54) is 11.3 Å². The van der Waals surface area contributed by atoms with E-state index in [0.717, 1.165) is 12.0 Å². The highest BCUT2D eigenvalue weighted by atomic mass is 32.1. The first-order valence-corrected chi connectivity index (χ1v) is 11.0. The molecule has 6 nitrogen and oxygen atoms in total. The number of nitrogens with one attached hydrogen (secondary N) is 3. The van der Waals surface area contributed by atoms with Crippen molar-refractivity contribution in [2.75, 3.05) is 18.4 Å². The van der Waals surface area contributed by atoms with E-state index in [2.05, 4.69) is 16.0 Å². The number of rotatable bonds is 10. The second kappa shape index (κ2) is 11.7. The lowest BCUT2D eigenvalue weighted by Crippen LogP contribution is -2.27. The fourth-order valence-corrected chi connectivity index (χ4v) is 3.65. The van der Waals surface area contributed by atoms with Crippen molar-refractivity contribution in [3.63, 3.8) is 0 Å². The van der Waals surface area contributed by atoms with Crippen LogP contribution >= 0.6 is 11.3 Å². The summed E-state index contributed by atoms with van der Waals surface area (Å²) in [6.07, 6.45) is 1.49. The molecule has 0 aliphatic carbocycles. The third-order valence-corrected chi connectivity index (χ3v) is 5.47. The maximum absolute atomic E-state index is 12.6. The quantitative estimate of drug-likeness (QED) is 0.423. The molecular formula is C24H25N3O3S. The third kappa shape index (κ3) is 7.08. The topological polar surface area (TPSA) is 87.3 Å². The molecule has 0 bridgehead atoms. The van der Waals surface area contributed by atoms with Gasteiger partial charge in [0.15, 0.2) is 0 Å². The minimum Gasteiger partial charge on any atom is -0.352 e. The average Bonchev–Trinajstić information content (AvgIpc) is 3.33. The Morgan fingerprint density at radius 1 is 0.774 bits per heavy atom. The van der Waals surface area contributed by atoms with Crippen LogP contribution < -0.4 is 16.0 Å². The molecule has 3 amide bonds. The van der Waals surface area contributed by atoms with Crippen LogP contribution in [-0.4, -0.2) is 30.8 Å². The standard InChI is InChI=1S/C24H25N3O3S/c28-22(13-6-15-25-24(30)21-12-7-17-31-21)27-20-11-5-4-10-19(20)23(29)26-16-14-18-8-2-1-3-9-18/h1-5,7-12,17H,6,13-16H2,(H,25,30)(H,26,29)(H,27,28). The molecule has 0 unspecified atom stereocenters. The Kier molecular flexibility index (Phi) is 8.37. The number of hydrogen-bond acceptors (Lipinski definition) is 4. The van der Waals surface area contributed by atoms with Crippen molar-refractivity contribution in [2.45, 2.75) is 19.3 Å². The van der Waals surface area contributed by atoms with Crippen molar-refractivity contribution in [1.82, 2.24) is 10.6 Å². The molecule has 7 heteroatoms. The normalized spacial score (nSPS) is 10.3. The van der Waals surface area contributed by atoms with E-state index in [0.29, 0.717) is 35.6 Å². The molecule has 0 aliphatic heterocycles. The zero-order valence-corrected chi connectivity index (χ0v) is 17.9. The predicted octanol–water partition coefficient (Wildman–Crippen LogP) is 3.87. The summed E-state index contributed by atoms with van der Waals surface area (Å²) < 4.78 is 0. The van der Waals surface area contributed by atoms with Crippen molar-refractivity contribution >= 4 is 34.7 Å². The Balaban J connectivity index is 1.43. The molecule has 3 N–H and O–H groups in total. The van der Waals surface area contributed by atoms with Gasteiger partial charge >= 0.3 is 0 Å².